The molecule has 0 aliphatic carbocycles. The van der Waals surface area contributed by atoms with Crippen LogP contribution < -0.4 is 5.73 Å². The Labute approximate surface area is 79.5 Å². The van der Waals surface area contributed by atoms with Gasteiger partial charge in [-0.2, -0.15) is 0 Å². The van der Waals surface area contributed by atoms with Gasteiger partial charge >= 0.3 is 17.9 Å². The summed E-state index contributed by atoms with van der Waals surface area (Å²) in [7, 11) is 0. The van der Waals surface area contributed by atoms with Gasteiger partial charge in [-0.25, -0.2) is 4.79 Å². The first-order chi connectivity index (χ1) is 6.28. The SMILES string of the molecule is CC(=O)O[C@](N)(CCC(=O)O)C(=O)O. The second-order valence-electron chi connectivity index (χ2n) is 2.68. The minimum absolute atomic E-state index is 0.475. The third-order valence-electron chi connectivity index (χ3n) is 1.40. The Hall–Kier alpha value is -1.63. The van der Waals surface area contributed by atoms with Crippen molar-refractivity contribution < 1.29 is 29.3 Å². The molecular weight excluding hydrogens is 194 g/mol. The highest BCUT2D eigenvalue weighted by atomic mass is 16.6. The number of carboxylic acid groups (broad SMARTS) is 2. The predicted molar refractivity (Wildman–Crippen MR) is 43.2 cm³/mol. The van der Waals surface area contributed by atoms with E-state index in [1.807, 2.05) is 0 Å². The molecule has 0 amide bonds. The van der Waals surface area contributed by atoms with Gasteiger partial charge in [-0.1, -0.05) is 0 Å². The highest BCUT2D eigenvalue weighted by Gasteiger charge is 2.37. The van der Waals surface area contributed by atoms with E-state index in [4.69, 9.17) is 15.9 Å². The Morgan fingerprint density at radius 1 is 1.36 bits per heavy atom. The number of aliphatic carboxylic acids is 2. The number of rotatable bonds is 5. The van der Waals surface area contributed by atoms with Crippen molar-refractivity contribution in [3.05, 3.63) is 0 Å². The quantitative estimate of drug-likeness (QED) is 0.394. The van der Waals surface area contributed by atoms with Crippen molar-refractivity contribution in [2.24, 2.45) is 5.73 Å². The van der Waals surface area contributed by atoms with E-state index in [0.717, 1.165) is 6.92 Å². The summed E-state index contributed by atoms with van der Waals surface area (Å²) in [6, 6.07) is 0. The standard InChI is InChI=1S/C7H11NO6/c1-4(9)14-7(8,6(12)13)3-2-5(10)11/h2-3,8H2,1H3,(H,10,11)(H,12,13)/t7-/m1/s1. The lowest BCUT2D eigenvalue weighted by atomic mass is 10.1. The second-order valence-corrected chi connectivity index (χ2v) is 2.68. The molecule has 0 spiro atoms. The first-order valence-corrected chi connectivity index (χ1v) is 3.71. The zero-order chi connectivity index (χ0) is 11.4. The topological polar surface area (TPSA) is 127 Å². The number of hydrogen-bond donors (Lipinski definition) is 3. The van der Waals surface area contributed by atoms with Crippen molar-refractivity contribution in [3.63, 3.8) is 0 Å². The first-order valence-electron chi connectivity index (χ1n) is 3.71. The number of nitrogens with two attached hydrogens (primary N) is 1. The van der Waals surface area contributed by atoms with Crippen molar-refractivity contribution in [2.75, 3.05) is 0 Å². The summed E-state index contributed by atoms with van der Waals surface area (Å²) in [6.07, 6.45) is -0.965. The van der Waals surface area contributed by atoms with E-state index in [9.17, 15) is 14.4 Å². The van der Waals surface area contributed by atoms with Gasteiger partial charge in [0.25, 0.3) is 5.72 Å². The molecule has 4 N–H and O–H groups in total. The Balaban J connectivity index is 4.47. The molecule has 80 valence electrons. The maximum Gasteiger partial charge on any atom is 0.363 e. The lowest BCUT2D eigenvalue weighted by Crippen LogP contribution is -2.51. The Bertz CT molecular complexity index is 263. The van der Waals surface area contributed by atoms with Gasteiger partial charge in [0.2, 0.25) is 0 Å². The molecule has 0 aromatic heterocycles. The van der Waals surface area contributed by atoms with Crippen LogP contribution in [0.4, 0.5) is 0 Å². The molecule has 7 heteroatoms. The molecule has 0 aliphatic rings. The fourth-order valence-corrected chi connectivity index (χ4v) is 0.751. The summed E-state index contributed by atoms with van der Waals surface area (Å²) in [4.78, 5) is 31.2. The molecule has 0 aromatic carbocycles. The van der Waals surface area contributed by atoms with Crippen LogP contribution in [0.2, 0.25) is 0 Å². The molecule has 7 nitrogen and oxygen atoms in total. The molecule has 1 atom stereocenters. The smallest absolute Gasteiger partial charge is 0.363 e. The summed E-state index contributed by atoms with van der Waals surface area (Å²) in [5.41, 5.74) is 2.92. The third kappa shape index (κ3) is 3.85. The Morgan fingerprint density at radius 2 is 1.86 bits per heavy atom. The van der Waals surface area contributed by atoms with Crippen molar-refractivity contribution in [1.82, 2.24) is 0 Å². The maximum atomic E-state index is 10.6. The number of hydrogen-bond acceptors (Lipinski definition) is 5. The maximum absolute atomic E-state index is 10.6. The average Bonchev–Trinajstić information content (AvgIpc) is 1.99. The molecule has 0 radical (unpaired) electrons. The summed E-state index contributed by atoms with van der Waals surface area (Å²) in [6.45, 7) is 0.991. The van der Waals surface area contributed by atoms with Crippen molar-refractivity contribution >= 4 is 17.9 Å². The van der Waals surface area contributed by atoms with Crippen LogP contribution in [0.1, 0.15) is 19.8 Å². The molecule has 0 fully saturated rings. The molecule has 0 bridgehead atoms. The van der Waals surface area contributed by atoms with Gasteiger partial charge in [-0.15, -0.1) is 0 Å². The van der Waals surface area contributed by atoms with Gasteiger partial charge in [0, 0.05) is 13.3 Å². The largest absolute Gasteiger partial charge is 0.481 e. The Kier molecular flexibility index (Phi) is 4.03. The average molecular weight is 205 g/mol. The van der Waals surface area contributed by atoms with Crippen LogP contribution in [0.5, 0.6) is 0 Å². The molecule has 0 aliphatic heterocycles. The minimum Gasteiger partial charge on any atom is -0.481 e. The lowest BCUT2D eigenvalue weighted by Gasteiger charge is -2.22. The summed E-state index contributed by atoms with van der Waals surface area (Å²) in [5, 5.41) is 16.9. The zero-order valence-corrected chi connectivity index (χ0v) is 7.52. The molecule has 0 saturated carbocycles. The second kappa shape index (κ2) is 4.56. The van der Waals surface area contributed by atoms with Crippen LogP contribution in [0.25, 0.3) is 0 Å². The van der Waals surface area contributed by atoms with Gasteiger partial charge in [-0.05, 0) is 0 Å². The Morgan fingerprint density at radius 3 is 2.14 bits per heavy atom. The number of carbonyl (C=O) groups excluding carboxylic acids is 1. The zero-order valence-electron chi connectivity index (χ0n) is 7.52. The molecule has 0 heterocycles. The minimum atomic E-state index is -2.26. The van der Waals surface area contributed by atoms with Crippen molar-refractivity contribution in [3.8, 4) is 0 Å². The van der Waals surface area contributed by atoms with Gasteiger partial charge in [0.15, 0.2) is 0 Å². The van der Waals surface area contributed by atoms with Crippen LogP contribution in [0.3, 0.4) is 0 Å². The normalized spacial score (nSPS) is 14.1. The van der Waals surface area contributed by atoms with Gasteiger partial charge in [-0.3, -0.25) is 15.3 Å². The van der Waals surface area contributed by atoms with Gasteiger partial charge < -0.3 is 14.9 Å². The number of esters is 1. The van der Waals surface area contributed by atoms with Gasteiger partial charge in [0.05, 0.1) is 6.42 Å². The monoisotopic (exact) mass is 205 g/mol. The van der Waals surface area contributed by atoms with E-state index >= 15 is 0 Å². The van der Waals surface area contributed by atoms with Crippen LogP contribution in [0.15, 0.2) is 0 Å². The molecule has 0 aromatic rings. The van der Waals surface area contributed by atoms with Gasteiger partial charge in [0.1, 0.15) is 0 Å². The number of ether oxygens (including phenoxy) is 1. The van der Waals surface area contributed by atoms with E-state index in [1.165, 1.54) is 0 Å². The predicted octanol–water partition coefficient (Wildman–Crippen LogP) is -0.846. The van der Waals surface area contributed by atoms with Crippen LogP contribution in [-0.2, 0) is 19.1 Å². The molecule has 14 heavy (non-hydrogen) atoms. The third-order valence-corrected chi connectivity index (χ3v) is 1.40. The van der Waals surface area contributed by atoms with Crippen molar-refractivity contribution in [2.45, 2.75) is 25.5 Å². The van der Waals surface area contributed by atoms with Crippen LogP contribution in [-0.4, -0.2) is 33.8 Å². The highest BCUT2D eigenvalue weighted by Crippen LogP contribution is 2.12. The number of carbonyl (C=O) groups is 3. The highest BCUT2D eigenvalue weighted by molar-refractivity contribution is 5.81. The van der Waals surface area contributed by atoms with E-state index < -0.39 is 36.5 Å². The van der Waals surface area contributed by atoms with E-state index in [1.54, 1.807) is 0 Å². The molecular formula is C7H11NO6. The first kappa shape index (κ1) is 12.4. The molecule has 0 unspecified atom stereocenters. The molecule has 0 rings (SSSR count). The van der Waals surface area contributed by atoms with E-state index in [-0.39, 0.29) is 0 Å². The molecule has 0 saturated heterocycles. The summed E-state index contributed by atoms with van der Waals surface area (Å²) >= 11 is 0. The van der Waals surface area contributed by atoms with Crippen LogP contribution >= 0.6 is 0 Å². The van der Waals surface area contributed by atoms with Crippen LogP contribution in [0, 0.1) is 0 Å². The van der Waals surface area contributed by atoms with E-state index in [0.29, 0.717) is 0 Å². The number of carboxylic acids is 2. The summed E-state index contributed by atoms with van der Waals surface area (Å²) in [5.74, 6) is -3.66. The summed E-state index contributed by atoms with van der Waals surface area (Å²) < 4.78 is 4.33. The van der Waals surface area contributed by atoms with Crippen molar-refractivity contribution in [1.29, 1.82) is 0 Å². The van der Waals surface area contributed by atoms with E-state index in [2.05, 4.69) is 4.74 Å². The lowest BCUT2D eigenvalue weighted by molar-refractivity contribution is -0.178. The fourth-order valence-electron chi connectivity index (χ4n) is 0.751. The fraction of sp³-hybridized carbons (Fsp3) is 0.571.